The minimum absolute atomic E-state index is 0.135. The van der Waals surface area contributed by atoms with Gasteiger partial charge < -0.3 is 14.8 Å². The molecule has 1 aromatic heterocycles. The van der Waals surface area contributed by atoms with Crippen LogP contribution in [-0.2, 0) is 4.79 Å². The predicted molar refractivity (Wildman–Crippen MR) is 138 cm³/mol. The van der Waals surface area contributed by atoms with Crippen LogP contribution in [0.25, 0.3) is 17.1 Å². The Morgan fingerprint density at radius 1 is 1.00 bits per heavy atom. The molecule has 1 amide bonds. The van der Waals surface area contributed by atoms with Gasteiger partial charge in [-0.2, -0.15) is 0 Å². The number of ether oxygens (including phenoxy) is 2. The van der Waals surface area contributed by atoms with Gasteiger partial charge in [0.2, 0.25) is 5.91 Å². The van der Waals surface area contributed by atoms with Crippen LogP contribution in [0.15, 0.2) is 82.4 Å². The number of hydrogen-bond donors (Lipinski definition) is 1. The van der Waals surface area contributed by atoms with Gasteiger partial charge in [-0.05, 0) is 83.5 Å². The number of hydrogen-bond acceptors (Lipinski definition) is 6. The second-order valence-electron chi connectivity index (χ2n) is 7.11. The van der Waals surface area contributed by atoms with Crippen LogP contribution >= 0.6 is 27.7 Å². The number of thioether (sulfide) groups is 1. The highest BCUT2D eigenvalue weighted by Crippen LogP contribution is 2.30. The van der Waals surface area contributed by atoms with Gasteiger partial charge in [0.1, 0.15) is 11.5 Å². The lowest BCUT2D eigenvalue weighted by Gasteiger charge is -2.12. The summed E-state index contributed by atoms with van der Waals surface area (Å²) < 4.78 is 13.6. The number of nitrogens with zero attached hydrogens (tertiary/aromatic N) is 3. The van der Waals surface area contributed by atoms with E-state index in [1.807, 2.05) is 84.3 Å². The number of rotatable bonds is 9. The Kier molecular flexibility index (Phi) is 7.87. The van der Waals surface area contributed by atoms with Gasteiger partial charge in [-0.3, -0.25) is 9.36 Å². The average molecular weight is 539 g/mol. The Hall–Kier alpha value is -3.30. The summed E-state index contributed by atoms with van der Waals surface area (Å²) in [4.78, 5) is 12.6. The van der Waals surface area contributed by atoms with Crippen LogP contribution in [0.5, 0.6) is 11.5 Å². The van der Waals surface area contributed by atoms with Crippen LogP contribution in [-0.4, -0.2) is 40.1 Å². The van der Waals surface area contributed by atoms with Crippen molar-refractivity contribution in [3.05, 3.63) is 77.3 Å². The molecule has 174 valence electrons. The van der Waals surface area contributed by atoms with E-state index in [4.69, 9.17) is 9.47 Å². The van der Waals surface area contributed by atoms with Gasteiger partial charge in [-0.25, -0.2) is 0 Å². The van der Waals surface area contributed by atoms with E-state index in [1.165, 1.54) is 11.8 Å². The first-order valence-electron chi connectivity index (χ1n) is 10.6. The Balaban J connectivity index is 1.61. The molecule has 0 spiro atoms. The highest BCUT2D eigenvalue weighted by Gasteiger charge is 2.18. The minimum Gasteiger partial charge on any atom is -0.497 e. The lowest BCUT2D eigenvalue weighted by molar-refractivity contribution is -0.113. The average Bonchev–Trinajstić information content (AvgIpc) is 3.29. The summed E-state index contributed by atoms with van der Waals surface area (Å²) >= 11 is 4.77. The van der Waals surface area contributed by atoms with Crippen LogP contribution < -0.4 is 14.8 Å². The van der Waals surface area contributed by atoms with Crippen molar-refractivity contribution in [3.8, 4) is 28.6 Å². The van der Waals surface area contributed by atoms with Crippen LogP contribution in [0, 0.1) is 0 Å². The molecule has 0 aliphatic rings. The van der Waals surface area contributed by atoms with Gasteiger partial charge in [-0.15, -0.1) is 10.2 Å². The SMILES string of the molecule is CCOc1ccc(-n2c(SCC(=O)Nc3ccccc3Br)nnc2-c2ccc(OC)cc2)cc1. The van der Waals surface area contributed by atoms with E-state index in [2.05, 4.69) is 31.4 Å². The Bertz CT molecular complexity index is 1260. The molecule has 7 nitrogen and oxygen atoms in total. The number of carbonyl (C=O) groups is 1. The van der Waals surface area contributed by atoms with E-state index in [0.717, 1.165) is 32.9 Å². The number of halogens is 1. The van der Waals surface area contributed by atoms with E-state index >= 15 is 0 Å². The predicted octanol–water partition coefficient (Wildman–Crippen LogP) is 5.83. The second-order valence-corrected chi connectivity index (χ2v) is 8.91. The number of anilines is 1. The number of aromatic nitrogens is 3. The zero-order valence-electron chi connectivity index (χ0n) is 18.7. The van der Waals surface area contributed by atoms with Crippen LogP contribution in [0.4, 0.5) is 5.69 Å². The Morgan fingerprint density at radius 3 is 2.38 bits per heavy atom. The maximum absolute atomic E-state index is 12.6. The van der Waals surface area contributed by atoms with Gasteiger partial charge in [0.25, 0.3) is 0 Å². The molecule has 1 heterocycles. The molecule has 0 radical (unpaired) electrons. The van der Waals surface area contributed by atoms with Crippen LogP contribution in [0.3, 0.4) is 0 Å². The smallest absolute Gasteiger partial charge is 0.234 e. The summed E-state index contributed by atoms with van der Waals surface area (Å²) in [7, 11) is 1.63. The van der Waals surface area contributed by atoms with Crippen molar-refractivity contribution in [2.75, 3.05) is 24.8 Å². The summed E-state index contributed by atoms with van der Waals surface area (Å²) in [6, 6.07) is 22.8. The number of nitrogens with one attached hydrogen (secondary N) is 1. The van der Waals surface area contributed by atoms with Crippen molar-refractivity contribution >= 4 is 39.3 Å². The highest BCUT2D eigenvalue weighted by atomic mass is 79.9. The third-order valence-corrected chi connectivity index (χ3v) is 6.49. The van der Waals surface area contributed by atoms with Crippen molar-refractivity contribution in [1.29, 1.82) is 0 Å². The maximum Gasteiger partial charge on any atom is 0.234 e. The number of methoxy groups -OCH3 is 1. The quantitative estimate of drug-likeness (QED) is 0.270. The molecule has 4 aromatic rings. The van der Waals surface area contributed by atoms with Crippen molar-refractivity contribution in [3.63, 3.8) is 0 Å². The molecule has 0 saturated carbocycles. The molecule has 0 atom stereocenters. The normalized spacial score (nSPS) is 10.7. The molecule has 3 aromatic carbocycles. The van der Waals surface area contributed by atoms with Crippen molar-refractivity contribution < 1.29 is 14.3 Å². The molecule has 4 rings (SSSR count). The fourth-order valence-corrected chi connectivity index (χ4v) is 4.40. The van der Waals surface area contributed by atoms with Crippen molar-refractivity contribution in [2.45, 2.75) is 12.1 Å². The van der Waals surface area contributed by atoms with E-state index < -0.39 is 0 Å². The summed E-state index contributed by atoms with van der Waals surface area (Å²) in [6.45, 7) is 2.54. The van der Waals surface area contributed by atoms with Crippen LogP contribution in [0.1, 0.15) is 6.92 Å². The Labute approximate surface area is 210 Å². The molecule has 0 aliphatic carbocycles. The fourth-order valence-electron chi connectivity index (χ4n) is 3.26. The zero-order chi connectivity index (χ0) is 23.9. The van der Waals surface area contributed by atoms with E-state index in [9.17, 15) is 4.79 Å². The zero-order valence-corrected chi connectivity index (χ0v) is 21.1. The van der Waals surface area contributed by atoms with Crippen molar-refractivity contribution in [2.24, 2.45) is 0 Å². The molecule has 34 heavy (non-hydrogen) atoms. The summed E-state index contributed by atoms with van der Waals surface area (Å²) in [5, 5.41) is 12.4. The number of amides is 1. The third-order valence-electron chi connectivity index (χ3n) is 4.87. The van der Waals surface area contributed by atoms with E-state index in [1.54, 1.807) is 7.11 Å². The third kappa shape index (κ3) is 5.60. The molecule has 0 fully saturated rings. The fraction of sp³-hybridized carbons (Fsp3) is 0.160. The molecule has 9 heteroatoms. The summed E-state index contributed by atoms with van der Waals surface area (Å²) in [5.74, 6) is 2.25. The number of benzene rings is 3. The first-order chi connectivity index (χ1) is 16.6. The monoisotopic (exact) mass is 538 g/mol. The molecule has 1 N–H and O–H groups in total. The lowest BCUT2D eigenvalue weighted by Crippen LogP contribution is -2.15. The van der Waals surface area contributed by atoms with Crippen LogP contribution in [0.2, 0.25) is 0 Å². The Morgan fingerprint density at radius 2 is 1.71 bits per heavy atom. The first-order valence-corrected chi connectivity index (χ1v) is 12.4. The highest BCUT2D eigenvalue weighted by molar-refractivity contribution is 9.10. The summed E-state index contributed by atoms with van der Waals surface area (Å²) in [5.41, 5.74) is 2.47. The molecule has 0 aliphatic heterocycles. The van der Waals surface area contributed by atoms with Gasteiger partial charge >= 0.3 is 0 Å². The topological polar surface area (TPSA) is 78.3 Å². The van der Waals surface area contributed by atoms with Crippen molar-refractivity contribution in [1.82, 2.24) is 14.8 Å². The molecular weight excluding hydrogens is 516 g/mol. The largest absolute Gasteiger partial charge is 0.497 e. The minimum atomic E-state index is -0.135. The number of para-hydroxylation sites is 1. The maximum atomic E-state index is 12.6. The van der Waals surface area contributed by atoms with Gasteiger partial charge in [0.05, 0.1) is 25.2 Å². The number of carbonyl (C=O) groups excluding carboxylic acids is 1. The van der Waals surface area contributed by atoms with Gasteiger partial charge in [0, 0.05) is 15.7 Å². The molecule has 0 bridgehead atoms. The van der Waals surface area contributed by atoms with Gasteiger partial charge in [0.15, 0.2) is 11.0 Å². The second kappa shape index (κ2) is 11.2. The first kappa shape index (κ1) is 23.8. The molecular formula is C25H23BrN4O3S. The van der Waals surface area contributed by atoms with E-state index in [0.29, 0.717) is 17.6 Å². The molecule has 0 unspecified atom stereocenters. The van der Waals surface area contributed by atoms with Gasteiger partial charge in [-0.1, -0.05) is 23.9 Å². The standard InChI is InChI=1S/C25H23BrN4O3S/c1-3-33-20-14-10-18(11-15-20)30-24(17-8-12-19(32-2)13-9-17)28-29-25(30)34-16-23(31)27-22-7-5-4-6-21(22)26/h4-15H,3,16H2,1-2H3,(H,27,31). The molecule has 0 saturated heterocycles. The summed E-state index contributed by atoms with van der Waals surface area (Å²) in [6.07, 6.45) is 0. The lowest BCUT2D eigenvalue weighted by atomic mass is 10.2. The van der Waals surface area contributed by atoms with E-state index in [-0.39, 0.29) is 11.7 Å².